The van der Waals surface area contributed by atoms with Gasteiger partial charge in [0, 0.05) is 23.0 Å². The molecular formula is C23H16N4O5. The molecule has 0 saturated heterocycles. The van der Waals surface area contributed by atoms with Gasteiger partial charge in [-0.25, -0.2) is 4.68 Å². The summed E-state index contributed by atoms with van der Waals surface area (Å²) in [5.41, 5.74) is 0.434. The maximum atomic E-state index is 13.4. The van der Waals surface area contributed by atoms with E-state index < -0.39 is 22.1 Å². The van der Waals surface area contributed by atoms with Crippen LogP contribution in [-0.4, -0.2) is 24.8 Å². The van der Waals surface area contributed by atoms with Gasteiger partial charge in [0.1, 0.15) is 6.04 Å². The van der Waals surface area contributed by atoms with Gasteiger partial charge in [0.05, 0.1) is 21.3 Å². The Morgan fingerprint density at radius 2 is 1.50 bits per heavy atom. The second-order valence-electron chi connectivity index (χ2n) is 7.35. The van der Waals surface area contributed by atoms with Gasteiger partial charge in [-0.1, -0.05) is 30.3 Å². The fraction of sp³-hybridized carbons (Fsp3) is 0.0435. The summed E-state index contributed by atoms with van der Waals surface area (Å²) in [6, 6.07) is 18.3. The Labute approximate surface area is 179 Å². The number of H-pyrrole nitrogens is 2. The van der Waals surface area contributed by atoms with Gasteiger partial charge in [0.15, 0.2) is 5.88 Å². The highest BCUT2D eigenvalue weighted by Gasteiger charge is 2.27. The van der Waals surface area contributed by atoms with Gasteiger partial charge in [-0.3, -0.25) is 24.8 Å². The van der Waals surface area contributed by atoms with Crippen LogP contribution in [0.2, 0.25) is 0 Å². The van der Waals surface area contributed by atoms with Crippen LogP contribution >= 0.6 is 0 Å². The smallest absolute Gasteiger partial charge is 0.274 e. The van der Waals surface area contributed by atoms with Gasteiger partial charge < -0.3 is 10.1 Å². The van der Waals surface area contributed by atoms with Crippen LogP contribution in [0, 0.1) is 10.1 Å². The van der Waals surface area contributed by atoms with Crippen molar-refractivity contribution in [3.05, 3.63) is 115 Å². The van der Waals surface area contributed by atoms with E-state index in [4.69, 9.17) is 0 Å². The minimum atomic E-state index is -0.947. The largest absolute Gasteiger partial charge is 0.494 e. The number of fused-ring (bicyclic) bond motifs is 2. The zero-order chi connectivity index (χ0) is 22.4. The molecule has 0 spiro atoms. The lowest BCUT2D eigenvalue weighted by Crippen LogP contribution is -2.34. The molecule has 32 heavy (non-hydrogen) atoms. The van der Waals surface area contributed by atoms with Gasteiger partial charge in [-0.15, -0.1) is 0 Å². The molecular weight excluding hydrogens is 412 g/mol. The first-order valence-corrected chi connectivity index (χ1v) is 9.73. The van der Waals surface area contributed by atoms with Crippen LogP contribution in [0.4, 0.5) is 5.69 Å². The first-order chi connectivity index (χ1) is 15.5. The third-order valence-electron chi connectivity index (χ3n) is 5.52. The number of aromatic nitrogens is 3. The Balaban J connectivity index is 1.86. The molecule has 1 atom stereocenters. The fourth-order valence-corrected chi connectivity index (χ4v) is 4.05. The van der Waals surface area contributed by atoms with E-state index in [1.54, 1.807) is 48.5 Å². The molecule has 0 radical (unpaired) electrons. The zero-order valence-corrected chi connectivity index (χ0v) is 16.5. The number of hydrogen-bond donors (Lipinski definition) is 3. The molecule has 158 valence electrons. The molecule has 9 nitrogen and oxygen atoms in total. The Bertz CT molecular complexity index is 1610. The summed E-state index contributed by atoms with van der Waals surface area (Å²) in [7, 11) is 0. The number of nitrogens with one attached hydrogen (secondary N) is 2. The first kappa shape index (κ1) is 19.3. The molecule has 0 bridgehead atoms. The van der Waals surface area contributed by atoms with E-state index in [2.05, 4.69) is 10.1 Å². The van der Waals surface area contributed by atoms with E-state index in [0.717, 1.165) is 4.68 Å². The highest BCUT2D eigenvalue weighted by atomic mass is 16.6. The summed E-state index contributed by atoms with van der Waals surface area (Å²) < 4.78 is 1.15. The van der Waals surface area contributed by atoms with Crippen molar-refractivity contribution in [2.45, 2.75) is 6.04 Å². The molecule has 2 heterocycles. The number of nitrogens with zero attached hydrogens (tertiary/aromatic N) is 2. The van der Waals surface area contributed by atoms with Crippen LogP contribution in [0.5, 0.6) is 5.88 Å². The Morgan fingerprint density at radius 1 is 0.875 bits per heavy atom. The second-order valence-corrected chi connectivity index (χ2v) is 7.35. The molecule has 5 rings (SSSR count). The molecule has 0 amide bonds. The van der Waals surface area contributed by atoms with Crippen molar-refractivity contribution in [3.63, 3.8) is 0 Å². The maximum absolute atomic E-state index is 13.4. The Morgan fingerprint density at radius 3 is 2.19 bits per heavy atom. The Kier molecular flexibility index (Phi) is 4.37. The molecule has 0 saturated carbocycles. The predicted octanol–water partition coefficient (Wildman–Crippen LogP) is 3.42. The molecule has 0 aliphatic rings. The van der Waals surface area contributed by atoms with Crippen molar-refractivity contribution in [3.8, 4) is 5.88 Å². The van der Waals surface area contributed by atoms with Gasteiger partial charge in [0.2, 0.25) is 0 Å². The average molecular weight is 428 g/mol. The molecule has 0 aliphatic heterocycles. The second kappa shape index (κ2) is 7.24. The number of para-hydroxylation sites is 1. The summed E-state index contributed by atoms with van der Waals surface area (Å²) in [4.78, 5) is 39.7. The lowest BCUT2D eigenvalue weighted by Gasteiger charge is -2.20. The Hall–Kier alpha value is -4.66. The number of nitro groups is 1. The molecule has 3 aromatic carbocycles. The fourth-order valence-electron chi connectivity index (χ4n) is 4.05. The van der Waals surface area contributed by atoms with Crippen molar-refractivity contribution in [1.82, 2.24) is 14.8 Å². The van der Waals surface area contributed by atoms with Crippen LogP contribution in [0.15, 0.2) is 82.4 Å². The summed E-state index contributed by atoms with van der Waals surface area (Å²) in [6.45, 7) is 0. The monoisotopic (exact) mass is 428 g/mol. The van der Waals surface area contributed by atoms with Crippen LogP contribution < -0.4 is 11.1 Å². The lowest BCUT2D eigenvalue weighted by molar-refractivity contribution is -0.384. The van der Waals surface area contributed by atoms with Crippen LogP contribution in [0.1, 0.15) is 17.2 Å². The number of aromatic hydroxyl groups is 1. The number of hydrogen-bond acceptors (Lipinski definition) is 5. The SMILES string of the molecule is O=c1[nH]n(C(c2ccc([N+](=O)[O-])cc2)c2c(O)[nH]c3ccccc23)c(=O)c2ccccc12. The van der Waals surface area contributed by atoms with Gasteiger partial charge in [0.25, 0.3) is 16.8 Å². The summed E-state index contributed by atoms with van der Waals surface area (Å²) in [5, 5.41) is 25.6. The van der Waals surface area contributed by atoms with Crippen molar-refractivity contribution in [2.24, 2.45) is 0 Å². The van der Waals surface area contributed by atoms with Crippen molar-refractivity contribution in [2.75, 3.05) is 0 Å². The third kappa shape index (κ3) is 2.95. The highest BCUT2D eigenvalue weighted by molar-refractivity contribution is 5.87. The quantitative estimate of drug-likeness (QED) is 0.298. The number of benzene rings is 3. The molecule has 2 aromatic heterocycles. The number of rotatable bonds is 4. The standard InChI is InChI=1S/C23H16N4O5/c28-21-15-5-1-2-6-16(15)23(30)26(25-21)20(13-9-11-14(12-10-13)27(31)32)19-17-7-3-4-8-18(17)24-22(19)29/h1-12,20,24,29H,(H,25,28). The van der Waals surface area contributed by atoms with E-state index in [9.17, 15) is 24.8 Å². The minimum Gasteiger partial charge on any atom is -0.494 e. The van der Waals surface area contributed by atoms with Crippen molar-refractivity contribution >= 4 is 27.4 Å². The number of non-ortho nitro benzene ring substituents is 1. The topological polar surface area (TPSA) is 134 Å². The van der Waals surface area contributed by atoms with Crippen LogP contribution in [0.3, 0.4) is 0 Å². The van der Waals surface area contributed by atoms with E-state index >= 15 is 0 Å². The normalized spacial score (nSPS) is 12.2. The number of aromatic amines is 2. The third-order valence-corrected chi connectivity index (χ3v) is 5.52. The molecule has 0 aliphatic carbocycles. The van der Waals surface area contributed by atoms with E-state index in [-0.39, 0.29) is 22.3 Å². The predicted molar refractivity (Wildman–Crippen MR) is 119 cm³/mol. The van der Waals surface area contributed by atoms with E-state index in [1.165, 1.54) is 24.3 Å². The molecule has 9 heteroatoms. The zero-order valence-electron chi connectivity index (χ0n) is 16.5. The van der Waals surface area contributed by atoms with Gasteiger partial charge >= 0.3 is 0 Å². The van der Waals surface area contributed by atoms with E-state index in [1.807, 2.05) is 0 Å². The highest BCUT2D eigenvalue weighted by Crippen LogP contribution is 2.37. The molecule has 1 unspecified atom stereocenters. The number of nitro benzene ring substituents is 1. The summed E-state index contributed by atoms with van der Waals surface area (Å²) in [5.74, 6) is -0.171. The van der Waals surface area contributed by atoms with Crippen LogP contribution in [0.25, 0.3) is 21.7 Å². The molecule has 5 aromatic rings. The van der Waals surface area contributed by atoms with Crippen LogP contribution in [-0.2, 0) is 0 Å². The minimum absolute atomic E-state index is 0.116. The first-order valence-electron chi connectivity index (χ1n) is 9.73. The molecule has 3 N–H and O–H groups in total. The van der Waals surface area contributed by atoms with Gasteiger partial charge in [-0.05, 0) is 35.9 Å². The van der Waals surface area contributed by atoms with Crippen molar-refractivity contribution in [1.29, 1.82) is 0 Å². The van der Waals surface area contributed by atoms with Crippen molar-refractivity contribution < 1.29 is 10.0 Å². The average Bonchev–Trinajstić information content (AvgIpc) is 3.13. The summed E-state index contributed by atoms with van der Waals surface area (Å²) >= 11 is 0. The van der Waals surface area contributed by atoms with Gasteiger partial charge in [-0.2, -0.15) is 0 Å². The lowest BCUT2D eigenvalue weighted by atomic mass is 9.97. The summed E-state index contributed by atoms with van der Waals surface area (Å²) in [6.07, 6.45) is 0. The molecule has 0 fully saturated rings. The van der Waals surface area contributed by atoms with E-state index in [0.29, 0.717) is 22.0 Å². The maximum Gasteiger partial charge on any atom is 0.274 e.